The molecule has 4 aliphatic carbocycles. The first kappa shape index (κ1) is 23.2. The Labute approximate surface area is 189 Å². The van der Waals surface area contributed by atoms with Gasteiger partial charge in [-0.25, -0.2) is 0 Å². The normalized spacial score (nSPS) is 40.7. The van der Waals surface area contributed by atoms with Gasteiger partial charge in [0, 0.05) is 18.9 Å². The van der Waals surface area contributed by atoms with Crippen molar-refractivity contribution in [2.24, 2.45) is 34.5 Å². The van der Waals surface area contributed by atoms with Crippen LogP contribution in [0.5, 0.6) is 0 Å². The number of methoxy groups -OCH3 is 1. The molecule has 7 atom stereocenters. The zero-order valence-electron chi connectivity index (χ0n) is 20.5. The summed E-state index contributed by atoms with van der Waals surface area (Å²) in [5.41, 5.74) is 2.14. The van der Waals surface area contributed by atoms with Crippen molar-refractivity contribution < 1.29 is 14.6 Å². The molecule has 31 heavy (non-hydrogen) atoms. The lowest BCUT2D eigenvalue weighted by Crippen LogP contribution is -2.37. The van der Waals surface area contributed by atoms with E-state index in [0.29, 0.717) is 29.6 Å². The van der Waals surface area contributed by atoms with Gasteiger partial charge < -0.3 is 9.84 Å². The van der Waals surface area contributed by atoms with Gasteiger partial charge in [-0.2, -0.15) is 0 Å². The van der Waals surface area contributed by atoms with Crippen LogP contribution >= 0.6 is 0 Å². The van der Waals surface area contributed by atoms with Gasteiger partial charge in [0.05, 0.1) is 11.7 Å². The minimum absolute atomic E-state index is 0.0112. The van der Waals surface area contributed by atoms with Crippen LogP contribution in [0.3, 0.4) is 0 Å². The molecule has 4 fully saturated rings. The van der Waals surface area contributed by atoms with E-state index in [1.54, 1.807) is 5.57 Å². The summed E-state index contributed by atoms with van der Waals surface area (Å²) in [5, 5.41) is 10.1. The quantitative estimate of drug-likeness (QED) is 0.367. The Balaban J connectivity index is 1.48. The van der Waals surface area contributed by atoms with E-state index in [2.05, 4.69) is 26.5 Å². The Morgan fingerprint density at radius 2 is 2.10 bits per heavy atom. The maximum Gasteiger partial charge on any atom is 0.159 e. The van der Waals surface area contributed by atoms with Gasteiger partial charge in [-0.15, -0.1) is 0 Å². The van der Waals surface area contributed by atoms with E-state index in [-0.39, 0.29) is 17.3 Å². The number of hydrogen-bond donors (Lipinski definition) is 1. The smallest absolute Gasteiger partial charge is 0.159 e. The van der Waals surface area contributed by atoms with Crippen LogP contribution in [0.1, 0.15) is 91.9 Å². The second kappa shape index (κ2) is 8.13. The highest BCUT2D eigenvalue weighted by Crippen LogP contribution is 2.68. The van der Waals surface area contributed by atoms with Crippen LogP contribution in [0, 0.1) is 34.5 Å². The van der Waals surface area contributed by atoms with Crippen LogP contribution in [0.4, 0.5) is 0 Å². The van der Waals surface area contributed by atoms with E-state index in [0.717, 1.165) is 30.8 Å². The average molecular weight is 429 g/mol. The molecule has 4 aliphatic rings. The summed E-state index contributed by atoms with van der Waals surface area (Å²) in [6.45, 7) is 13.0. The third-order valence-corrected chi connectivity index (χ3v) is 9.78. The van der Waals surface area contributed by atoms with Crippen molar-refractivity contribution in [2.75, 3.05) is 7.11 Å². The van der Waals surface area contributed by atoms with E-state index >= 15 is 0 Å². The number of fused-ring (bicyclic) bond motifs is 2. The lowest BCUT2D eigenvalue weighted by atomic mass is 9.60. The Kier molecular flexibility index (Phi) is 6.10. The summed E-state index contributed by atoms with van der Waals surface area (Å²) in [4.78, 5) is 12.2. The molecule has 0 aromatic heterocycles. The van der Waals surface area contributed by atoms with Crippen molar-refractivity contribution in [3.63, 3.8) is 0 Å². The number of carbonyl (C=O) groups excluding carboxylic acids is 1. The maximum absolute atomic E-state index is 12.2. The summed E-state index contributed by atoms with van der Waals surface area (Å²) in [5.74, 6) is 2.83. The number of ether oxygens (including phenoxy) is 1. The lowest BCUT2D eigenvalue weighted by Gasteiger charge is -2.45. The van der Waals surface area contributed by atoms with Gasteiger partial charge in [0.1, 0.15) is 0 Å². The topological polar surface area (TPSA) is 46.5 Å². The molecule has 3 heteroatoms. The first-order valence-electron chi connectivity index (χ1n) is 12.7. The number of allylic oxidation sites excluding steroid dienone is 1. The monoisotopic (exact) mass is 428 g/mol. The van der Waals surface area contributed by atoms with Gasteiger partial charge in [0.15, 0.2) is 5.78 Å². The molecule has 0 radical (unpaired) electrons. The molecule has 4 rings (SSSR count). The number of carbonyl (C=O) groups is 1. The van der Waals surface area contributed by atoms with Crippen molar-refractivity contribution in [1.29, 1.82) is 0 Å². The van der Waals surface area contributed by atoms with Gasteiger partial charge in [-0.05, 0) is 93.5 Å². The first-order valence-corrected chi connectivity index (χ1v) is 12.7. The van der Waals surface area contributed by atoms with Crippen LogP contribution in [-0.4, -0.2) is 29.7 Å². The third-order valence-electron chi connectivity index (χ3n) is 9.78. The van der Waals surface area contributed by atoms with Crippen LogP contribution in [-0.2, 0) is 9.53 Å². The van der Waals surface area contributed by atoms with Crippen molar-refractivity contribution in [3.05, 3.63) is 23.8 Å². The zero-order valence-corrected chi connectivity index (χ0v) is 20.5. The summed E-state index contributed by atoms with van der Waals surface area (Å²) in [6, 6.07) is 0. The van der Waals surface area contributed by atoms with Gasteiger partial charge in [-0.3, -0.25) is 4.79 Å². The fourth-order valence-electron chi connectivity index (χ4n) is 7.99. The number of hydrogen-bond acceptors (Lipinski definition) is 3. The molecule has 0 bridgehead atoms. The van der Waals surface area contributed by atoms with Crippen LogP contribution < -0.4 is 0 Å². The number of aliphatic hydroxyl groups is 1. The first-order chi connectivity index (χ1) is 14.5. The summed E-state index contributed by atoms with van der Waals surface area (Å²) < 4.78 is 6.03. The second-order valence-corrected chi connectivity index (χ2v) is 12.2. The molecular weight excluding hydrogens is 384 g/mol. The Bertz CT molecular complexity index is 759. The summed E-state index contributed by atoms with van der Waals surface area (Å²) in [7, 11) is 1.81. The van der Waals surface area contributed by atoms with E-state index in [4.69, 9.17) is 4.74 Å². The van der Waals surface area contributed by atoms with E-state index in [1.165, 1.54) is 38.5 Å². The molecular formula is C28H44O3. The van der Waals surface area contributed by atoms with Crippen LogP contribution in [0.25, 0.3) is 0 Å². The van der Waals surface area contributed by atoms with Crippen LogP contribution in [0.2, 0.25) is 0 Å². The zero-order chi connectivity index (χ0) is 22.6. The van der Waals surface area contributed by atoms with E-state index in [9.17, 15) is 9.90 Å². The van der Waals surface area contributed by atoms with Gasteiger partial charge in [0.25, 0.3) is 0 Å². The molecule has 0 amide bonds. The van der Waals surface area contributed by atoms with Crippen molar-refractivity contribution in [1.82, 2.24) is 0 Å². The van der Waals surface area contributed by atoms with Crippen molar-refractivity contribution >= 4 is 5.78 Å². The largest absolute Gasteiger partial charge is 0.390 e. The Morgan fingerprint density at radius 1 is 1.35 bits per heavy atom. The Morgan fingerprint density at radius 3 is 2.71 bits per heavy atom. The van der Waals surface area contributed by atoms with Crippen molar-refractivity contribution in [2.45, 2.75) is 104 Å². The molecule has 0 aromatic rings. The molecule has 4 saturated carbocycles. The van der Waals surface area contributed by atoms with Crippen LogP contribution in [0.15, 0.2) is 23.8 Å². The Hall–Kier alpha value is -0.930. The number of rotatable bonds is 8. The third kappa shape index (κ3) is 3.99. The summed E-state index contributed by atoms with van der Waals surface area (Å²) >= 11 is 0. The highest BCUT2D eigenvalue weighted by atomic mass is 16.5. The second-order valence-electron chi connectivity index (χ2n) is 12.2. The fraction of sp³-hybridized carbons (Fsp3) is 0.821. The van der Waals surface area contributed by atoms with Crippen molar-refractivity contribution in [3.8, 4) is 0 Å². The highest BCUT2D eigenvalue weighted by molar-refractivity contribution is 6.01. The molecule has 0 saturated heterocycles. The maximum atomic E-state index is 12.2. The van der Waals surface area contributed by atoms with Gasteiger partial charge in [-0.1, -0.05) is 44.9 Å². The molecule has 0 aliphatic heterocycles. The summed E-state index contributed by atoms with van der Waals surface area (Å²) in [6.07, 6.45) is 13.8. The minimum Gasteiger partial charge on any atom is -0.390 e. The molecule has 0 heterocycles. The lowest BCUT2D eigenvalue weighted by molar-refractivity contribution is -0.115. The van der Waals surface area contributed by atoms with Gasteiger partial charge >= 0.3 is 0 Å². The van der Waals surface area contributed by atoms with E-state index in [1.807, 2.05) is 21.0 Å². The highest BCUT2D eigenvalue weighted by Gasteiger charge is 2.66. The van der Waals surface area contributed by atoms with E-state index < -0.39 is 5.60 Å². The average Bonchev–Trinajstić information content (AvgIpc) is 3.19. The molecule has 174 valence electrons. The molecule has 1 unspecified atom stereocenters. The minimum atomic E-state index is -0.552. The molecule has 0 aromatic carbocycles. The molecule has 3 nitrogen and oxygen atoms in total. The molecule has 0 spiro atoms. The standard InChI is InChI=1S/C28H44O3/c1-18(9-7-13-26(3,4)30)22-11-12-23-20(10-8-14-27(22,23)5)15-25(31-6)28-17-21(28)16-24(29)19(28)2/h15,18,21-23,25,30H,2,7-14,16-17H2,1,3-6H3/b20-15+/t18-,21-,22+,23-,25?,27+,28-/m0/s1. The number of ketones is 1. The molecule has 1 N–H and O–H groups in total. The predicted octanol–water partition coefficient (Wildman–Crippen LogP) is 6.26. The van der Waals surface area contributed by atoms with Gasteiger partial charge in [0.2, 0.25) is 0 Å². The predicted molar refractivity (Wildman–Crippen MR) is 126 cm³/mol. The number of Topliss-reactive ketones (excluding diaryl/α,β-unsaturated/α-hetero) is 1. The SMILES string of the molecule is C=C1C(=O)C[C@H]2C[C@]12C(/C=C1\CCC[C@]2(C)[C@@H]([C@@H](C)CCCC(C)(C)O)CC[C@@H]12)OC. The fourth-order valence-corrected chi connectivity index (χ4v) is 7.99.